The van der Waals surface area contributed by atoms with Gasteiger partial charge in [0.05, 0.1) is 0 Å². The molecule has 0 aromatic heterocycles. The van der Waals surface area contributed by atoms with Crippen LogP contribution in [0.4, 0.5) is 0 Å². The van der Waals surface area contributed by atoms with Crippen LogP contribution in [0.2, 0.25) is 0 Å². The highest BCUT2D eigenvalue weighted by Gasteiger charge is 2.28. The molecule has 1 amide bonds. The number of amides is 1. The third-order valence-electron chi connectivity index (χ3n) is 5.92. The fourth-order valence-electron chi connectivity index (χ4n) is 3.91. The van der Waals surface area contributed by atoms with Crippen LogP contribution in [0.5, 0.6) is 0 Å². The minimum atomic E-state index is 0.0312. The highest BCUT2D eigenvalue weighted by atomic mass is 16.2. The molecule has 0 aromatic carbocycles. The number of carbonyl (C=O) groups is 1. The Kier molecular flexibility index (Phi) is 8.87. The van der Waals surface area contributed by atoms with E-state index in [1.54, 1.807) is 19.0 Å². The Morgan fingerprint density at radius 1 is 1.11 bits per heavy atom. The zero-order valence-corrected chi connectivity index (χ0v) is 18.1. The lowest BCUT2D eigenvalue weighted by Gasteiger charge is -2.40. The fraction of sp³-hybridized carbons (Fsp3) is 0.905. The average molecular weight is 380 g/mol. The molecule has 0 spiro atoms. The van der Waals surface area contributed by atoms with E-state index in [4.69, 9.17) is 0 Å². The summed E-state index contributed by atoms with van der Waals surface area (Å²) >= 11 is 0. The molecular formula is C21H41N5O. The van der Waals surface area contributed by atoms with Crippen molar-refractivity contribution >= 4 is 11.9 Å². The molecule has 1 saturated carbocycles. The summed E-state index contributed by atoms with van der Waals surface area (Å²) in [7, 11) is 3.55. The second-order valence-corrected chi connectivity index (χ2v) is 9.10. The second kappa shape index (κ2) is 10.9. The number of carbonyl (C=O) groups excluding carboxylic acids is 1. The maximum Gasteiger partial charge on any atom is 0.243 e. The topological polar surface area (TPSA) is 60.0 Å². The van der Waals surface area contributed by atoms with E-state index in [9.17, 15) is 4.79 Å². The Bertz CT molecular complexity index is 475. The lowest BCUT2D eigenvalue weighted by molar-refractivity contribution is -0.127. The Morgan fingerprint density at radius 3 is 2.30 bits per heavy atom. The normalized spacial score (nSPS) is 25.5. The minimum absolute atomic E-state index is 0.0312. The first-order chi connectivity index (χ1) is 12.8. The SMILES string of the molecule is CC(C)CNC(=NCC(=O)N(C)C)NC1CCC(N2CCC(C)CC2)CC1. The molecule has 2 fully saturated rings. The van der Waals surface area contributed by atoms with E-state index in [-0.39, 0.29) is 12.5 Å². The first-order valence-electron chi connectivity index (χ1n) is 10.8. The molecule has 6 heteroatoms. The number of nitrogens with one attached hydrogen (secondary N) is 2. The van der Waals surface area contributed by atoms with Crippen molar-refractivity contribution in [3.05, 3.63) is 0 Å². The van der Waals surface area contributed by atoms with Gasteiger partial charge in [0.1, 0.15) is 6.54 Å². The molecule has 156 valence electrons. The lowest BCUT2D eigenvalue weighted by Crippen LogP contribution is -2.49. The van der Waals surface area contributed by atoms with Gasteiger partial charge in [-0.2, -0.15) is 0 Å². The maximum atomic E-state index is 11.9. The molecule has 2 aliphatic rings. The van der Waals surface area contributed by atoms with Gasteiger partial charge in [0, 0.05) is 32.7 Å². The molecule has 0 unspecified atom stereocenters. The van der Waals surface area contributed by atoms with E-state index in [1.807, 2.05) is 0 Å². The number of rotatable bonds is 6. The first-order valence-corrected chi connectivity index (χ1v) is 10.8. The Labute approximate surface area is 166 Å². The van der Waals surface area contributed by atoms with Crippen LogP contribution in [-0.2, 0) is 4.79 Å². The van der Waals surface area contributed by atoms with Crippen molar-refractivity contribution < 1.29 is 4.79 Å². The smallest absolute Gasteiger partial charge is 0.243 e. The van der Waals surface area contributed by atoms with Gasteiger partial charge in [-0.05, 0) is 63.5 Å². The number of likely N-dealkylation sites (N-methyl/N-ethyl adjacent to an activating group) is 1. The fourth-order valence-corrected chi connectivity index (χ4v) is 3.91. The van der Waals surface area contributed by atoms with Crippen molar-refractivity contribution in [2.24, 2.45) is 16.8 Å². The quantitative estimate of drug-likeness (QED) is 0.549. The van der Waals surface area contributed by atoms with Crippen LogP contribution in [0.1, 0.15) is 59.3 Å². The summed E-state index contributed by atoms with van der Waals surface area (Å²) in [5, 5.41) is 6.98. The summed E-state index contributed by atoms with van der Waals surface area (Å²) in [6.45, 7) is 10.4. The highest BCUT2D eigenvalue weighted by Crippen LogP contribution is 2.27. The Morgan fingerprint density at radius 2 is 1.74 bits per heavy atom. The van der Waals surface area contributed by atoms with Gasteiger partial charge >= 0.3 is 0 Å². The number of aliphatic imine (C=N–C) groups is 1. The number of likely N-dealkylation sites (tertiary alicyclic amines) is 1. The number of nitrogens with zero attached hydrogens (tertiary/aromatic N) is 3. The molecule has 0 radical (unpaired) electrons. The van der Waals surface area contributed by atoms with E-state index in [2.05, 4.69) is 41.3 Å². The summed E-state index contributed by atoms with van der Waals surface area (Å²) in [6.07, 6.45) is 7.60. The average Bonchev–Trinajstić information content (AvgIpc) is 2.64. The monoisotopic (exact) mass is 379 g/mol. The van der Waals surface area contributed by atoms with Crippen molar-refractivity contribution in [1.29, 1.82) is 0 Å². The van der Waals surface area contributed by atoms with Crippen molar-refractivity contribution in [2.45, 2.75) is 71.4 Å². The van der Waals surface area contributed by atoms with E-state index in [0.29, 0.717) is 12.0 Å². The minimum Gasteiger partial charge on any atom is -0.356 e. The van der Waals surface area contributed by atoms with Crippen LogP contribution in [0, 0.1) is 11.8 Å². The van der Waals surface area contributed by atoms with Crippen molar-refractivity contribution in [3.8, 4) is 0 Å². The third kappa shape index (κ3) is 7.68. The molecule has 6 nitrogen and oxygen atoms in total. The molecule has 1 saturated heterocycles. The largest absolute Gasteiger partial charge is 0.356 e. The van der Waals surface area contributed by atoms with Crippen molar-refractivity contribution in [2.75, 3.05) is 40.3 Å². The van der Waals surface area contributed by atoms with Crippen LogP contribution >= 0.6 is 0 Å². The number of hydrogen-bond donors (Lipinski definition) is 2. The van der Waals surface area contributed by atoms with Crippen LogP contribution in [0.15, 0.2) is 4.99 Å². The number of piperidine rings is 1. The van der Waals surface area contributed by atoms with Gasteiger partial charge in [0.25, 0.3) is 0 Å². The van der Waals surface area contributed by atoms with Gasteiger partial charge in [-0.25, -0.2) is 4.99 Å². The molecule has 1 heterocycles. The van der Waals surface area contributed by atoms with Gasteiger partial charge in [-0.15, -0.1) is 0 Å². The van der Waals surface area contributed by atoms with Crippen LogP contribution < -0.4 is 10.6 Å². The molecule has 2 rings (SSSR count). The van der Waals surface area contributed by atoms with Gasteiger partial charge in [0.15, 0.2) is 5.96 Å². The first kappa shape index (κ1) is 22.0. The van der Waals surface area contributed by atoms with Crippen molar-refractivity contribution in [3.63, 3.8) is 0 Å². The maximum absolute atomic E-state index is 11.9. The Hall–Kier alpha value is -1.30. The molecular weight excluding hydrogens is 338 g/mol. The summed E-state index contributed by atoms with van der Waals surface area (Å²) in [4.78, 5) is 20.7. The van der Waals surface area contributed by atoms with Crippen molar-refractivity contribution in [1.82, 2.24) is 20.4 Å². The molecule has 1 aliphatic carbocycles. The summed E-state index contributed by atoms with van der Waals surface area (Å²) < 4.78 is 0. The van der Waals surface area contributed by atoms with Gasteiger partial charge in [-0.3, -0.25) is 4.79 Å². The van der Waals surface area contributed by atoms with Gasteiger partial charge < -0.3 is 20.4 Å². The molecule has 1 aliphatic heterocycles. The highest BCUT2D eigenvalue weighted by molar-refractivity contribution is 5.84. The van der Waals surface area contributed by atoms with Crippen LogP contribution in [0.25, 0.3) is 0 Å². The Balaban J connectivity index is 1.82. The second-order valence-electron chi connectivity index (χ2n) is 9.10. The van der Waals surface area contributed by atoms with Crippen LogP contribution in [0.3, 0.4) is 0 Å². The predicted octanol–water partition coefficient (Wildman–Crippen LogP) is 2.31. The predicted molar refractivity (Wildman–Crippen MR) is 113 cm³/mol. The molecule has 0 atom stereocenters. The zero-order chi connectivity index (χ0) is 19.8. The summed E-state index contributed by atoms with van der Waals surface area (Å²) in [6, 6.07) is 1.22. The summed E-state index contributed by atoms with van der Waals surface area (Å²) in [5.74, 6) is 2.26. The molecule has 27 heavy (non-hydrogen) atoms. The summed E-state index contributed by atoms with van der Waals surface area (Å²) in [5.41, 5.74) is 0. The van der Waals surface area contributed by atoms with E-state index in [0.717, 1.165) is 24.5 Å². The van der Waals surface area contributed by atoms with Gasteiger partial charge in [-0.1, -0.05) is 20.8 Å². The van der Waals surface area contributed by atoms with Gasteiger partial charge in [0.2, 0.25) is 5.91 Å². The number of hydrogen-bond acceptors (Lipinski definition) is 3. The van der Waals surface area contributed by atoms with E-state index >= 15 is 0 Å². The lowest BCUT2D eigenvalue weighted by atomic mass is 9.88. The van der Waals surface area contributed by atoms with E-state index in [1.165, 1.54) is 51.6 Å². The standard InChI is InChI=1S/C21H41N5O/c1-16(2)14-22-21(23-15-20(27)25(4)5)24-18-6-8-19(9-7-18)26-12-10-17(3)11-13-26/h16-19H,6-15H2,1-5H3,(H2,22,23,24). The molecule has 0 aromatic rings. The molecule has 2 N–H and O–H groups in total. The number of guanidine groups is 1. The van der Waals surface area contributed by atoms with Crippen LogP contribution in [-0.4, -0.2) is 74.0 Å². The third-order valence-corrected chi connectivity index (χ3v) is 5.92. The zero-order valence-electron chi connectivity index (χ0n) is 18.1. The molecule has 0 bridgehead atoms. The van der Waals surface area contributed by atoms with E-state index < -0.39 is 0 Å².